The molecule has 0 bridgehead atoms. The van der Waals surface area contributed by atoms with Crippen LogP contribution in [0.25, 0.3) is 11.0 Å². The number of carboxylic acids is 1. The monoisotopic (exact) mass is 248 g/mol. The quantitative estimate of drug-likeness (QED) is 0.838. The lowest BCUT2D eigenvalue weighted by molar-refractivity contribution is -0.145. The molecule has 1 aromatic heterocycles. The fraction of sp³-hybridized carbons (Fsp3) is 0.231. The number of carboxylic acid groups (broad SMARTS) is 1. The second-order valence-corrected chi connectivity index (χ2v) is 3.81. The number of carbonyl (C=O) groups is 1. The van der Waals surface area contributed by atoms with Crippen molar-refractivity contribution in [2.45, 2.75) is 19.4 Å². The van der Waals surface area contributed by atoms with Crippen LogP contribution in [0.15, 0.2) is 39.5 Å². The van der Waals surface area contributed by atoms with E-state index in [-0.39, 0.29) is 0 Å². The summed E-state index contributed by atoms with van der Waals surface area (Å²) in [4.78, 5) is 21.9. The molecule has 0 amide bonds. The Kier molecular flexibility index (Phi) is 3.32. The molecule has 0 aliphatic carbocycles. The van der Waals surface area contributed by atoms with Crippen molar-refractivity contribution >= 4 is 16.9 Å². The molecule has 0 radical (unpaired) electrons. The van der Waals surface area contributed by atoms with Gasteiger partial charge in [-0.3, -0.25) is 0 Å². The average molecular weight is 248 g/mol. The molecular weight excluding hydrogens is 236 g/mol. The third-order valence-electron chi connectivity index (χ3n) is 2.52. The lowest BCUT2D eigenvalue weighted by atomic mass is 10.2. The summed E-state index contributed by atoms with van der Waals surface area (Å²) in [6.07, 6.45) is -0.551. The van der Waals surface area contributed by atoms with Crippen LogP contribution in [0.1, 0.15) is 13.3 Å². The first-order valence-corrected chi connectivity index (χ1v) is 5.53. The summed E-state index contributed by atoms with van der Waals surface area (Å²) in [7, 11) is 0. The number of aliphatic carboxylic acids is 1. The maximum Gasteiger partial charge on any atom is 0.344 e. The molecule has 18 heavy (non-hydrogen) atoms. The SMILES string of the molecule is CC[C@@H](Oc1ccc2ccc(=O)oc2c1)C(=O)O. The van der Waals surface area contributed by atoms with Crippen molar-refractivity contribution in [3.63, 3.8) is 0 Å². The molecule has 0 fully saturated rings. The van der Waals surface area contributed by atoms with Gasteiger partial charge in [0.25, 0.3) is 0 Å². The molecule has 0 spiro atoms. The first kappa shape index (κ1) is 12.2. The van der Waals surface area contributed by atoms with Crippen molar-refractivity contribution in [3.8, 4) is 5.75 Å². The van der Waals surface area contributed by atoms with Crippen LogP contribution in [-0.2, 0) is 4.79 Å². The minimum absolute atomic E-state index is 0.353. The molecule has 0 saturated carbocycles. The van der Waals surface area contributed by atoms with Gasteiger partial charge in [0.1, 0.15) is 11.3 Å². The van der Waals surface area contributed by atoms with Crippen molar-refractivity contribution in [3.05, 3.63) is 40.8 Å². The zero-order chi connectivity index (χ0) is 13.1. The molecule has 0 saturated heterocycles. The summed E-state index contributed by atoms with van der Waals surface area (Å²) in [6, 6.07) is 7.84. The van der Waals surface area contributed by atoms with E-state index in [9.17, 15) is 9.59 Å². The van der Waals surface area contributed by atoms with Gasteiger partial charge >= 0.3 is 11.6 Å². The Morgan fingerprint density at radius 3 is 2.78 bits per heavy atom. The van der Waals surface area contributed by atoms with Gasteiger partial charge in [0.05, 0.1) is 0 Å². The lowest BCUT2D eigenvalue weighted by Crippen LogP contribution is -2.25. The van der Waals surface area contributed by atoms with Crippen LogP contribution in [0.5, 0.6) is 5.75 Å². The molecule has 1 atom stereocenters. The van der Waals surface area contributed by atoms with E-state index in [0.717, 1.165) is 5.39 Å². The van der Waals surface area contributed by atoms with Gasteiger partial charge in [-0.1, -0.05) is 6.92 Å². The first-order chi connectivity index (χ1) is 8.60. The Morgan fingerprint density at radius 2 is 2.11 bits per heavy atom. The predicted octanol–water partition coefficient (Wildman–Crippen LogP) is 2.03. The zero-order valence-electron chi connectivity index (χ0n) is 9.75. The average Bonchev–Trinajstić information content (AvgIpc) is 2.35. The summed E-state index contributed by atoms with van der Waals surface area (Å²) in [5, 5.41) is 9.65. The van der Waals surface area contributed by atoms with E-state index >= 15 is 0 Å². The summed E-state index contributed by atoms with van der Waals surface area (Å²) in [6.45, 7) is 1.72. The lowest BCUT2D eigenvalue weighted by Gasteiger charge is -2.13. The number of rotatable bonds is 4. The van der Waals surface area contributed by atoms with Gasteiger partial charge in [-0.25, -0.2) is 9.59 Å². The number of benzene rings is 1. The van der Waals surface area contributed by atoms with Gasteiger partial charge in [-0.2, -0.15) is 0 Å². The second-order valence-electron chi connectivity index (χ2n) is 3.81. The second kappa shape index (κ2) is 4.91. The summed E-state index contributed by atoms with van der Waals surface area (Å²) in [5.74, 6) is -0.654. The Morgan fingerprint density at radius 1 is 1.39 bits per heavy atom. The van der Waals surface area contributed by atoms with Gasteiger partial charge in [0.15, 0.2) is 6.10 Å². The summed E-state index contributed by atoms with van der Waals surface area (Å²) in [5.41, 5.74) is -0.0785. The van der Waals surface area contributed by atoms with Gasteiger partial charge in [-0.15, -0.1) is 0 Å². The van der Waals surface area contributed by atoms with Crippen molar-refractivity contribution in [2.24, 2.45) is 0 Å². The molecule has 94 valence electrons. The molecule has 1 N–H and O–H groups in total. The smallest absolute Gasteiger partial charge is 0.344 e. The van der Waals surface area contributed by atoms with E-state index in [1.807, 2.05) is 0 Å². The van der Waals surface area contributed by atoms with Crippen molar-refractivity contribution in [1.82, 2.24) is 0 Å². The normalized spacial score (nSPS) is 12.3. The molecule has 0 unspecified atom stereocenters. The highest BCUT2D eigenvalue weighted by molar-refractivity contribution is 5.78. The first-order valence-electron chi connectivity index (χ1n) is 5.53. The highest BCUT2D eigenvalue weighted by Crippen LogP contribution is 2.21. The van der Waals surface area contributed by atoms with Crippen LogP contribution in [0.2, 0.25) is 0 Å². The van der Waals surface area contributed by atoms with E-state index in [1.165, 1.54) is 12.1 Å². The van der Waals surface area contributed by atoms with Crippen LogP contribution in [0.3, 0.4) is 0 Å². The summed E-state index contributed by atoms with van der Waals surface area (Å²) >= 11 is 0. The van der Waals surface area contributed by atoms with E-state index in [4.69, 9.17) is 14.3 Å². The van der Waals surface area contributed by atoms with Crippen LogP contribution >= 0.6 is 0 Å². The molecule has 2 aromatic rings. The Balaban J connectivity index is 2.34. The van der Waals surface area contributed by atoms with Crippen LogP contribution < -0.4 is 10.4 Å². The molecule has 0 aliphatic heterocycles. The van der Waals surface area contributed by atoms with Crippen molar-refractivity contribution in [2.75, 3.05) is 0 Å². The maximum atomic E-state index is 11.1. The number of hydrogen-bond donors (Lipinski definition) is 1. The fourth-order valence-electron chi connectivity index (χ4n) is 1.59. The fourth-order valence-corrected chi connectivity index (χ4v) is 1.59. The predicted molar refractivity (Wildman–Crippen MR) is 64.8 cm³/mol. The number of ether oxygens (including phenoxy) is 1. The van der Waals surface area contributed by atoms with Gasteiger partial charge in [0.2, 0.25) is 0 Å². The maximum absolute atomic E-state index is 11.1. The third-order valence-corrected chi connectivity index (χ3v) is 2.52. The largest absolute Gasteiger partial charge is 0.479 e. The number of hydrogen-bond acceptors (Lipinski definition) is 4. The third kappa shape index (κ3) is 2.51. The van der Waals surface area contributed by atoms with E-state index in [0.29, 0.717) is 17.8 Å². The Bertz CT molecular complexity index is 629. The minimum atomic E-state index is -1.02. The van der Waals surface area contributed by atoms with E-state index in [1.54, 1.807) is 25.1 Å². The Hall–Kier alpha value is -2.30. The van der Waals surface area contributed by atoms with Gasteiger partial charge < -0.3 is 14.3 Å². The topological polar surface area (TPSA) is 76.7 Å². The highest BCUT2D eigenvalue weighted by Gasteiger charge is 2.16. The molecule has 0 aliphatic rings. The van der Waals surface area contributed by atoms with Crippen LogP contribution in [0, 0.1) is 0 Å². The minimum Gasteiger partial charge on any atom is -0.479 e. The van der Waals surface area contributed by atoms with Crippen LogP contribution in [0.4, 0.5) is 0 Å². The highest BCUT2D eigenvalue weighted by atomic mass is 16.5. The number of fused-ring (bicyclic) bond motifs is 1. The molecule has 5 nitrogen and oxygen atoms in total. The zero-order valence-corrected chi connectivity index (χ0v) is 9.75. The Labute approximate surface area is 103 Å². The summed E-state index contributed by atoms with van der Waals surface area (Å²) < 4.78 is 10.3. The molecular formula is C13H12O5. The van der Waals surface area contributed by atoms with Gasteiger partial charge in [-0.05, 0) is 24.6 Å². The van der Waals surface area contributed by atoms with E-state index in [2.05, 4.69) is 0 Å². The van der Waals surface area contributed by atoms with E-state index < -0.39 is 17.7 Å². The van der Waals surface area contributed by atoms with Gasteiger partial charge in [0, 0.05) is 17.5 Å². The van der Waals surface area contributed by atoms with Crippen LogP contribution in [-0.4, -0.2) is 17.2 Å². The molecule has 1 aromatic carbocycles. The molecule has 5 heteroatoms. The van der Waals surface area contributed by atoms with Crippen molar-refractivity contribution in [1.29, 1.82) is 0 Å². The molecule has 1 heterocycles. The standard InChI is InChI=1S/C13H12O5/c1-2-10(13(15)16)17-9-5-3-8-4-6-12(14)18-11(8)7-9/h3-7,10H,2H2,1H3,(H,15,16)/t10-/m1/s1. The molecule has 2 rings (SSSR count). The van der Waals surface area contributed by atoms with Crippen molar-refractivity contribution < 1.29 is 19.1 Å².